The summed E-state index contributed by atoms with van der Waals surface area (Å²) in [5, 5.41) is 11.8. The van der Waals surface area contributed by atoms with E-state index in [0.717, 1.165) is 16.8 Å². The lowest BCUT2D eigenvalue weighted by Crippen LogP contribution is -2.31. The third-order valence-electron chi connectivity index (χ3n) is 4.91. The number of rotatable bonds is 7. The lowest BCUT2D eigenvalue weighted by Gasteiger charge is -2.19. The van der Waals surface area contributed by atoms with Gasteiger partial charge in [0.25, 0.3) is 5.56 Å². The monoisotopic (exact) mass is 418 g/mol. The van der Waals surface area contributed by atoms with Gasteiger partial charge in [-0.2, -0.15) is 5.26 Å². The lowest BCUT2D eigenvalue weighted by atomic mass is 9.99. The Balaban J connectivity index is 1.81. The molecule has 2 heterocycles. The zero-order valence-electron chi connectivity index (χ0n) is 16.9. The molecule has 1 amide bonds. The molecule has 0 aliphatic heterocycles. The third kappa shape index (κ3) is 4.39. The maximum absolute atomic E-state index is 13.0. The summed E-state index contributed by atoms with van der Waals surface area (Å²) >= 11 is 1.41. The fourth-order valence-corrected chi connectivity index (χ4v) is 4.19. The number of hydrogen-bond donors (Lipinski definition) is 1. The molecule has 1 N–H and O–H groups in total. The fourth-order valence-electron chi connectivity index (χ4n) is 3.33. The van der Waals surface area contributed by atoms with Gasteiger partial charge in [-0.05, 0) is 31.4 Å². The number of hydrogen-bond acceptors (Lipinski definition) is 5. The molecule has 0 saturated heterocycles. The molecule has 3 aromatic rings. The fraction of sp³-hybridized carbons (Fsp3) is 0.217. The number of aromatic nitrogens is 2. The Bertz CT molecular complexity index is 1170. The van der Waals surface area contributed by atoms with Gasteiger partial charge in [-0.25, -0.2) is 4.98 Å². The highest BCUT2D eigenvalue weighted by Crippen LogP contribution is 2.28. The molecule has 3 rings (SSSR count). The van der Waals surface area contributed by atoms with Gasteiger partial charge in [-0.15, -0.1) is 17.9 Å². The Morgan fingerprint density at radius 3 is 2.73 bits per heavy atom. The predicted octanol–water partition coefficient (Wildman–Crippen LogP) is 4.14. The van der Waals surface area contributed by atoms with Gasteiger partial charge in [0.15, 0.2) is 5.13 Å². The summed E-state index contributed by atoms with van der Waals surface area (Å²) in [6.07, 6.45) is 2.32. The van der Waals surface area contributed by atoms with Gasteiger partial charge in [0, 0.05) is 29.6 Å². The molecule has 0 spiro atoms. The van der Waals surface area contributed by atoms with Crippen LogP contribution in [-0.4, -0.2) is 22.4 Å². The number of anilines is 1. The number of pyridine rings is 1. The summed E-state index contributed by atoms with van der Waals surface area (Å²) in [4.78, 5) is 33.9. The van der Waals surface area contributed by atoms with Gasteiger partial charge >= 0.3 is 0 Å². The first-order valence-corrected chi connectivity index (χ1v) is 10.4. The minimum Gasteiger partial charge on any atom is -0.325 e. The van der Waals surface area contributed by atoms with E-state index in [1.165, 1.54) is 11.3 Å². The van der Waals surface area contributed by atoms with E-state index in [0.29, 0.717) is 29.4 Å². The highest BCUT2D eigenvalue weighted by molar-refractivity contribution is 7.14. The highest BCUT2D eigenvalue weighted by Gasteiger charge is 2.20. The van der Waals surface area contributed by atoms with Crippen LogP contribution in [0.1, 0.15) is 28.8 Å². The highest BCUT2D eigenvalue weighted by atomic mass is 32.1. The number of aryl methyl sites for hydroxylation is 1. The number of amides is 1. The molecular weight excluding hydrogens is 396 g/mol. The summed E-state index contributed by atoms with van der Waals surface area (Å²) in [5.74, 6) is -0.0904. The standard InChI is InChI=1S/C23H22N4O2S/c1-4-12-27(23-26-20(14-30-23)17-8-6-5-7-9-17)21(28)11-10-18-15(2)19(13-24)22(29)25-16(18)3/h4-9,14H,1,10-12H2,2-3H3,(H,25,29). The number of aromatic amines is 1. The Hall–Kier alpha value is -3.50. The second-order valence-corrected chi connectivity index (χ2v) is 7.68. The minimum atomic E-state index is -0.396. The van der Waals surface area contributed by atoms with Crippen molar-refractivity contribution >= 4 is 22.4 Å². The number of nitrogens with one attached hydrogen (secondary N) is 1. The number of nitrogens with zero attached hydrogens (tertiary/aromatic N) is 3. The van der Waals surface area contributed by atoms with Gasteiger partial charge in [-0.3, -0.25) is 14.5 Å². The molecule has 0 saturated carbocycles. The molecule has 0 aliphatic rings. The van der Waals surface area contributed by atoms with E-state index in [-0.39, 0.29) is 17.9 Å². The van der Waals surface area contributed by atoms with Crippen molar-refractivity contribution in [3.05, 3.63) is 81.1 Å². The number of benzene rings is 1. The quantitative estimate of drug-likeness (QED) is 0.584. The van der Waals surface area contributed by atoms with Crippen molar-refractivity contribution in [2.24, 2.45) is 0 Å². The molecule has 0 fully saturated rings. The molecule has 0 aliphatic carbocycles. The number of nitriles is 1. The molecule has 152 valence electrons. The molecule has 1 aromatic carbocycles. The normalized spacial score (nSPS) is 10.4. The van der Waals surface area contributed by atoms with E-state index in [4.69, 9.17) is 0 Å². The molecule has 0 radical (unpaired) electrons. The van der Waals surface area contributed by atoms with E-state index >= 15 is 0 Å². The van der Waals surface area contributed by atoms with Crippen molar-refractivity contribution in [1.82, 2.24) is 9.97 Å². The minimum absolute atomic E-state index is 0.0904. The summed E-state index contributed by atoms with van der Waals surface area (Å²) in [6, 6.07) is 11.8. The van der Waals surface area contributed by atoms with Crippen LogP contribution in [0.3, 0.4) is 0 Å². The van der Waals surface area contributed by atoms with Crippen molar-refractivity contribution in [3.63, 3.8) is 0 Å². The average Bonchev–Trinajstić information content (AvgIpc) is 3.22. The van der Waals surface area contributed by atoms with Crippen molar-refractivity contribution in [2.45, 2.75) is 26.7 Å². The summed E-state index contributed by atoms with van der Waals surface area (Å²) in [6.45, 7) is 7.64. The van der Waals surface area contributed by atoms with Crippen molar-refractivity contribution in [3.8, 4) is 17.3 Å². The van der Waals surface area contributed by atoms with Crippen LogP contribution in [0.25, 0.3) is 11.3 Å². The van der Waals surface area contributed by atoms with Crippen LogP contribution in [0.5, 0.6) is 0 Å². The van der Waals surface area contributed by atoms with Crippen LogP contribution >= 0.6 is 11.3 Å². The Morgan fingerprint density at radius 1 is 1.33 bits per heavy atom. The van der Waals surface area contributed by atoms with E-state index in [1.54, 1.807) is 24.8 Å². The molecular formula is C23H22N4O2S. The average molecular weight is 419 g/mol. The topological polar surface area (TPSA) is 89.9 Å². The van der Waals surface area contributed by atoms with Crippen LogP contribution in [0.15, 0.2) is 53.2 Å². The maximum atomic E-state index is 13.0. The van der Waals surface area contributed by atoms with Crippen LogP contribution < -0.4 is 10.5 Å². The van der Waals surface area contributed by atoms with E-state index in [9.17, 15) is 14.9 Å². The molecule has 0 atom stereocenters. The van der Waals surface area contributed by atoms with E-state index < -0.39 is 5.56 Å². The van der Waals surface area contributed by atoms with Crippen LogP contribution in [0.2, 0.25) is 0 Å². The second kappa shape index (κ2) is 9.33. The molecule has 0 bridgehead atoms. The summed E-state index contributed by atoms with van der Waals surface area (Å²) in [7, 11) is 0. The smallest absolute Gasteiger partial charge is 0.266 e. The second-order valence-electron chi connectivity index (χ2n) is 6.84. The zero-order valence-corrected chi connectivity index (χ0v) is 17.8. The van der Waals surface area contributed by atoms with Gasteiger partial charge in [0.05, 0.1) is 5.69 Å². The van der Waals surface area contributed by atoms with E-state index in [2.05, 4.69) is 16.5 Å². The molecule has 7 heteroatoms. The lowest BCUT2D eigenvalue weighted by molar-refractivity contribution is -0.118. The Kier molecular flexibility index (Phi) is 6.60. The molecule has 0 unspecified atom stereocenters. The van der Waals surface area contributed by atoms with Crippen molar-refractivity contribution in [1.29, 1.82) is 5.26 Å². The third-order valence-corrected chi connectivity index (χ3v) is 5.78. The molecule has 30 heavy (non-hydrogen) atoms. The maximum Gasteiger partial charge on any atom is 0.266 e. The number of carbonyl (C=O) groups excluding carboxylic acids is 1. The first-order chi connectivity index (χ1) is 14.5. The van der Waals surface area contributed by atoms with Crippen LogP contribution in [0.4, 0.5) is 5.13 Å². The van der Waals surface area contributed by atoms with Crippen molar-refractivity contribution in [2.75, 3.05) is 11.4 Å². The number of carbonyl (C=O) groups is 1. The zero-order chi connectivity index (χ0) is 21.7. The first-order valence-electron chi connectivity index (χ1n) is 9.51. The van der Waals surface area contributed by atoms with Gasteiger partial charge in [0.1, 0.15) is 11.6 Å². The summed E-state index contributed by atoms with van der Waals surface area (Å²) in [5.41, 5.74) is 3.65. The largest absolute Gasteiger partial charge is 0.325 e. The van der Waals surface area contributed by atoms with Gasteiger partial charge < -0.3 is 4.98 Å². The Labute approximate surface area is 179 Å². The molecule has 6 nitrogen and oxygen atoms in total. The van der Waals surface area contributed by atoms with E-state index in [1.807, 2.05) is 41.8 Å². The predicted molar refractivity (Wildman–Crippen MR) is 120 cm³/mol. The first kappa shape index (κ1) is 21.2. The van der Waals surface area contributed by atoms with Crippen LogP contribution in [0, 0.1) is 25.2 Å². The molecule has 2 aromatic heterocycles. The van der Waals surface area contributed by atoms with Crippen LogP contribution in [-0.2, 0) is 11.2 Å². The number of H-pyrrole nitrogens is 1. The summed E-state index contributed by atoms with van der Waals surface area (Å²) < 4.78 is 0. The number of thiazole rings is 1. The van der Waals surface area contributed by atoms with Gasteiger partial charge in [-0.1, -0.05) is 36.4 Å². The van der Waals surface area contributed by atoms with Crippen molar-refractivity contribution < 1.29 is 4.79 Å². The van der Waals surface area contributed by atoms with Gasteiger partial charge in [0.2, 0.25) is 5.91 Å². The SMILES string of the molecule is C=CCN(C(=O)CCc1c(C)[nH]c(=O)c(C#N)c1C)c1nc(-c2ccccc2)cs1. The Morgan fingerprint density at radius 2 is 2.07 bits per heavy atom.